The highest BCUT2D eigenvalue weighted by atomic mass is 19.1. The van der Waals surface area contributed by atoms with Crippen molar-refractivity contribution in [2.24, 2.45) is 5.92 Å². The van der Waals surface area contributed by atoms with E-state index in [1.165, 1.54) is 6.07 Å². The van der Waals surface area contributed by atoms with Crippen molar-refractivity contribution in [3.05, 3.63) is 41.9 Å². The van der Waals surface area contributed by atoms with Gasteiger partial charge in [0.25, 0.3) is 0 Å². The van der Waals surface area contributed by atoms with Crippen LogP contribution >= 0.6 is 0 Å². The van der Waals surface area contributed by atoms with Crippen LogP contribution in [0.1, 0.15) is 37.5 Å². The van der Waals surface area contributed by atoms with Crippen LogP contribution in [-0.2, 0) is 11.3 Å². The predicted molar refractivity (Wildman–Crippen MR) is 91.3 cm³/mol. The molecule has 0 unspecified atom stereocenters. The average molecular weight is 346 g/mol. The standard InChI is InChI=1S/C18H23FN4O2/c1-13-21-22-18(25-13)12-23-10-4-5-14(11-23)8-9-17(24)20-16-7-3-2-6-15(16)19/h2-3,6-7,14H,4-5,8-12H2,1H3,(H,20,24)/t14-/m0/s1. The number of carbonyl (C=O) groups is 1. The van der Waals surface area contributed by atoms with E-state index in [4.69, 9.17) is 4.42 Å². The molecule has 7 heteroatoms. The van der Waals surface area contributed by atoms with Gasteiger partial charge in [-0.25, -0.2) is 4.39 Å². The third-order valence-corrected chi connectivity index (χ3v) is 4.46. The molecular formula is C18H23FN4O2. The number of carbonyl (C=O) groups excluding carboxylic acids is 1. The fraction of sp³-hybridized carbons (Fsp3) is 0.500. The van der Waals surface area contributed by atoms with Gasteiger partial charge in [0.2, 0.25) is 17.7 Å². The second-order valence-electron chi connectivity index (χ2n) is 6.52. The number of anilines is 1. The number of hydrogen-bond acceptors (Lipinski definition) is 5. The molecule has 25 heavy (non-hydrogen) atoms. The normalized spacial score (nSPS) is 18.2. The maximum atomic E-state index is 13.6. The van der Waals surface area contributed by atoms with Crippen molar-refractivity contribution in [3.8, 4) is 0 Å². The molecule has 6 nitrogen and oxygen atoms in total. The summed E-state index contributed by atoms with van der Waals surface area (Å²) < 4.78 is 19.0. The van der Waals surface area contributed by atoms with Gasteiger partial charge in [-0.3, -0.25) is 9.69 Å². The lowest BCUT2D eigenvalue weighted by Gasteiger charge is -2.31. The molecule has 0 spiro atoms. The predicted octanol–water partition coefficient (Wildman–Crippen LogP) is 3.15. The third-order valence-electron chi connectivity index (χ3n) is 4.46. The molecular weight excluding hydrogens is 323 g/mol. The number of para-hydroxylation sites is 1. The van der Waals surface area contributed by atoms with Gasteiger partial charge in [-0.1, -0.05) is 12.1 Å². The van der Waals surface area contributed by atoms with E-state index in [0.717, 1.165) is 32.4 Å². The number of amides is 1. The first kappa shape index (κ1) is 17.5. The Morgan fingerprint density at radius 1 is 1.40 bits per heavy atom. The molecule has 1 aromatic carbocycles. The zero-order chi connectivity index (χ0) is 17.6. The van der Waals surface area contributed by atoms with Crippen molar-refractivity contribution in [1.29, 1.82) is 0 Å². The number of aryl methyl sites for hydroxylation is 1. The molecule has 1 aliphatic rings. The van der Waals surface area contributed by atoms with Crippen molar-refractivity contribution < 1.29 is 13.6 Å². The average Bonchev–Trinajstić information content (AvgIpc) is 3.00. The number of rotatable bonds is 6. The van der Waals surface area contributed by atoms with E-state index in [0.29, 0.717) is 30.7 Å². The maximum absolute atomic E-state index is 13.6. The molecule has 1 aliphatic heterocycles. The number of likely N-dealkylation sites (tertiary alicyclic amines) is 1. The highest BCUT2D eigenvalue weighted by molar-refractivity contribution is 5.90. The molecule has 1 aromatic heterocycles. The van der Waals surface area contributed by atoms with Crippen LogP contribution in [0.4, 0.5) is 10.1 Å². The molecule has 1 N–H and O–H groups in total. The summed E-state index contributed by atoms with van der Waals surface area (Å²) in [4.78, 5) is 14.3. The van der Waals surface area contributed by atoms with E-state index in [9.17, 15) is 9.18 Å². The van der Waals surface area contributed by atoms with Gasteiger partial charge < -0.3 is 9.73 Å². The molecule has 1 amide bonds. The number of piperidine rings is 1. The number of nitrogens with zero attached hydrogens (tertiary/aromatic N) is 3. The number of nitrogens with one attached hydrogen (secondary N) is 1. The lowest BCUT2D eigenvalue weighted by molar-refractivity contribution is -0.116. The minimum Gasteiger partial charge on any atom is -0.424 e. The van der Waals surface area contributed by atoms with Gasteiger partial charge in [0, 0.05) is 19.9 Å². The van der Waals surface area contributed by atoms with Crippen molar-refractivity contribution in [1.82, 2.24) is 15.1 Å². The van der Waals surface area contributed by atoms with Crippen LogP contribution in [0.5, 0.6) is 0 Å². The molecule has 1 saturated heterocycles. The summed E-state index contributed by atoms with van der Waals surface area (Å²) in [5.41, 5.74) is 0.240. The molecule has 1 atom stereocenters. The highest BCUT2D eigenvalue weighted by Crippen LogP contribution is 2.23. The lowest BCUT2D eigenvalue weighted by atomic mass is 9.93. The molecule has 0 radical (unpaired) electrons. The van der Waals surface area contributed by atoms with Crippen molar-refractivity contribution >= 4 is 11.6 Å². The van der Waals surface area contributed by atoms with Crippen LogP contribution in [0.3, 0.4) is 0 Å². The first-order chi connectivity index (χ1) is 12.1. The Labute approximate surface area is 146 Å². The van der Waals surface area contributed by atoms with E-state index in [1.54, 1.807) is 25.1 Å². The molecule has 134 valence electrons. The van der Waals surface area contributed by atoms with E-state index in [-0.39, 0.29) is 11.6 Å². The quantitative estimate of drug-likeness (QED) is 0.870. The van der Waals surface area contributed by atoms with E-state index >= 15 is 0 Å². The number of benzene rings is 1. The van der Waals surface area contributed by atoms with Crippen LogP contribution in [-0.4, -0.2) is 34.1 Å². The molecule has 0 saturated carbocycles. The second-order valence-corrected chi connectivity index (χ2v) is 6.52. The maximum Gasteiger partial charge on any atom is 0.230 e. The Hall–Kier alpha value is -2.28. The Morgan fingerprint density at radius 3 is 3.00 bits per heavy atom. The van der Waals surface area contributed by atoms with E-state index < -0.39 is 5.82 Å². The minimum absolute atomic E-state index is 0.144. The molecule has 2 aromatic rings. The number of halogens is 1. The van der Waals surface area contributed by atoms with Crippen LogP contribution in [0.25, 0.3) is 0 Å². The highest BCUT2D eigenvalue weighted by Gasteiger charge is 2.22. The van der Waals surface area contributed by atoms with Crippen LogP contribution in [0.15, 0.2) is 28.7 Å². The lowest BCUT2D eigenvalue weighted by Crippen LogP contribution is -2.35. The zero-order valence-electron chi connectivity index (χ0n) is 14.4. The first-order valence-corrected chi connectivity index (χ1v) is 8.66. The summed E-state index contributed by atoms with van der Waals surface area (Å²) in [5.74, 6) is 1.11. The van der Waals surface area contributed by atoms with E-state index in [2.05, 4.69) is 20.4 Å². The van der Waals surface area contributed by atoms with Gasteiger partial charge in [-0.15, -0.1) is 10.2 Å². The molecule has 3 rings (SSSR count). The van der Waals surface area contributed by atoms with Crippen molar-refractivity contribution in [3.63, 3.8) is 0 Å². The number of aromatic nitrogens is 2. The van der Waals surface area contributed by atoms with Crippen molar-refractivity contribution in [2.75, 3.05) is 18.4 Å². The number of hydrogen-bond donors (Lipinski definition) is 1. The second kappa shape index (κ2) is 8.20. The molecule has 0 bridgehead atoms. The van der Waals surface area contributed by atoms with Gasteiger partial charge in [0.1, 0.15) is 5.82 Å². The first-order valence-electron chi connectivity index (χ1n) is 8.66. The molecule has 0 aliphatic carbocycles. The summed E-state index contributed by atoms with van der Waals surface area (Å²) in [6.07, 6.45) is 3.38. The third kappa shape index (κ3) is 5.09. The Bertz CT molecular complexity index is 719. The summed E-state index contributed by atoms with van der Waals surface area (Å²) >= 11 is 0. The van der Waals surface area contributed by atoms with Crippen molar-refractivity contribution in [2.45, 2.75) is 39.2 Å². The Kier molecular flexibility index (Phi) is 5.75. The molecule has 1 fully saturated rings. The Balaban J connectivity index is 1.44. The fourth-order valence-electron chi connectivity index (χ4n) is 3.23. The van der Waals surface area contributed by atoms with Crippen LogP contribution in [0.2, 0.25) is 0 Å². The van der Waals surface area contributed by atoms with Gasteiger partial charge in [-0.05, 0) is 43.9 Å². The SMILES string of the molecule is Cc1nnc(CN2CCC[C@@H](CCC(=O)Nc3ccccc3F)C2)o1. The van der Waals surface area contributed by atoms with Gasteiger partial charge in [0.15, 0.2) is 0 Å². The minimum atomic E-state index is -0.408. The van der Waals surface area contributed by atoms with Gasteiger partial charge in [0.05, 0.1) is 12.2 Å². The Morgan fingerprint density at radius 2 is 2.24 bits per heavy atom. The van der Waals surface area contributed by atoms with Crippen LogP contribution < -0.4 is 5.32 Å². The van der Waals surface area contributed by atoms with E-state index in [1.807, 2.05) is 0 Å². The van der Waals surface area contributed by atoms with Gasteiger partial charge >= 0.3 is 0 Å². The van der Waals surface area contributed by atoms with Crippen LogP contribution in [0, 0.1) is 18.7 Å². The summed E-state index contributed by atoms with van der Waals surface area (Å²) in [7, 11) is 0. The summed E-state index contributed by atoms with van der Waals surface area (Å²) in [6.45, 7) is 4.34. The topological polar surface area (TPSA) is 71.3 Å². The summed E-state index contributed by atoms with van der Waals surface area (Å²) in [5, 5.41) is 10.5. The molecule has 2 heterocycles. The zero-order valence-corrected chi connectivity index (χ0v) is 14.4. The largest absolute Gasteiger partial charge is 0.424 e. The fourth-order valence-corrected chi connectivity index (χ4v) is 3.23. The summed E-state index contributed by atoms with van der Waals surface area (Å²) in [6, 6.07) is 6.22. The monoisotopic (exact) mass is 346 g/mol. The van der Waals surface area contributed by atoms with Gasteiger partial charge in [-0.2, -0.15) is 0 Å². The smallest absolute Gasteiger partial charge is 0.230 e.